The van der Waals surface area contributed by atoms with Gasteiger partial charge in [-0.1, -0.05) is 50.1 Å². The van der Waals surface area contributed by atoms with Gasteiger partial charge in [0.05, 0.1) is 19.9 Å². The van der Waals surface area contributed by atoms with Crippen molar-refractivity contribution in [2.75, 3.05) is 33.9 Å². The van der Waals surface area contributed by atoms with Gasteiger partial charge in [-0.2, -0.15) is 0 Å². The maximum absolute atomic E-state index is 5.52. The molecule has 0 saturated heterocycles. The van der Waals surface area contributed by atoms with Gasteiger partial charge in [0.1, 0.15) is 0 Å². The van der Waals surface area contributed by atoms with E-state index in [1.165, 1.54) is 47.9 Å². The van der Waals surface area contributed by atoms with Crippen LogP contribution >= 0.6 is 0 Å². The van der Waals surface area contributed by atoms with E-state index in [1.54, 1.807) is 14.2 Å². The van der Waals surface area contributed by atoms with E-state index in [0.717, 1.165) is 69.3 Å². The summed E-state index contributed by atoms with van der Waals surface area (Å²) in [5.74, 6) is 1.67. The Morgan fingerprint density at radius 1 is 0.838 bits per heavy atom. The lowest BCUT2D eigenvalue weighted by atomic mass is 9.98. The second kappa shape index (κ2) is 14.2. The zero-order chi connectivity index (χ0) is 25.9. The Kier molecular flexibility index (Phi) is 10.4. The highest BCUT2D eigenvalue weighted by molar-refractivity contribution is 5.48. The van der Waals surface area contributed by atoms with Gasteiger partial charge in [0.15, 0.2) is 11.5 Å². The first-order chi connectivity index (χ1) is 18.2. The molecule has 0 fully saturated rings. The number of aromatic nitrogens is 1. The third-order valence-corrected chi connectivity index (χ3v) is 7.50. The van der Waals surface area contributed by atoms with E-state index < -0.39 is 0 Å². The summed E-state index contributed by atoms with van der Waals surface area (Å²) in [4.78, 5) is 9.74. The molecule has 5 heteroatoms. The summed E-state index contributed by atoms with van der Waals surface area (Å²) in [7, 11) is 3.42. The van der Waals surface area contributed by atoms with E-state index in [-0.39, 0.29) is 0 Å². The normalized spacial score (nSPS) is 13.5. The van der Waals surface area contributed by atoms with E-state index in [4.69, 9.17) is 9.47 Å². The maximum Gasteiger partial charge on any atom is 0.161 e. The fourth-order valence-electron chi connectivity index (χ4n) is 5.39. The van der Waals surface area contributed by atoms with Crippen LogP contribution in [0.5, 0.6) is 11.5 Å². The fourth-order valence-corrected chi connectivity index (χ4v) is 5.39. The minimum atomic E-state index is 0.833. The molecule has 1 aromatic heterocycles. The SMILES string of the molecule is CCc1ccccc1CN(CCCCCCN1CCc2cc(OC)c(OC)cc2C1)Cc1ccccn1. The fraction of sp³-hybridized carbons (Fsp3) is 0.469. The van der Waals surface area contributed by atoms with Crippen LogP contribution in [0.2, 0.25) is 0 Å². The average molecular weight is 502 g/mol. The number of fused-ring (bicyclic) bond motifs is 1. The van der Waals surface area contributed by atoms with Crippen LogP contribution in [0.25, 0.3) is 0 Å². The molecule has 4 rings (SSSR count). The Hall–Kier alpha value is -2.89. The van der Waals surface area contributed by atoms with Gasteiger partial charge in [-0.3, -0.25) is 14.8 Å². The molecule has 37 heavy (non-hydrogen) atoms. The Morgan fingerprint density at radius 3 is 2.30 bits per heavy atom. The molecular formula is C32H43N3O2. The van der Waals surface area contributed by atoms with Crippen molar-refractivity contribution in [2.45, 2.75) is 65.1 Å². The molecule has 1 aliphatic rings. The van der Waals surface area contributed by atoms with Gasteiger partial charge in [-0.15, -0.1) is 0 Å². The molecule has 198 valence electrons. The number of nitrogens with zero attached hydrogens (tertiary/aromatic N) is 3. The van der Waals surface area contributed by atoms with Crippen molar-refractivity contribution in [3.05, 3.63) is 88.7 Å². The number of ether oxygens (including phenoxy) is 2. The van der Waals surface area contributed by atoms with Crippen molar-refractivity contribution in [1.82, 2.24) is 14.8 Å². The molecule has 0 bridgehead atoms. The summed E-state index contributed by atoms with van der Waals surface area (Å²) in [5, 5.41) is 0. The molecule has 2 heterocycles. The van der Waals surface area contributed by atoms with Crippen LogP contribution in [0.3, 0.4) is 0 Å². The molecule has 0 unspecified atom stereocenters. The zero-order valence-electron chi connectivity index (χ0n) is 22.9. The van der Waals surface area contributed by atoms with Crippen molar-refractivity contribution >= 4 is 0 Å². The number of benzene rings is 2. The second-order valence-electron chi connectivity index (χ2n) is 10.1. The van der Waals surface area contributed by atoms with E-state index >= 15 is 0 Å². The predicted octanol–water partition coefficient (Wildman–Crippen LogP) is 6.28. The lowest BCUT2D eigenvalue weighted by molar-refractivity contribution is 0.236. The summed E-state index contributed by atoms with van der Waals surface area (Å²) >= 11 is 0. The molecule has 0 N–H and O–H groups in total. The standard InChI is InChI=1S/C32H43N3O2/c1-4-26-13-7-8-14-28(26)23-35(25-30-15-9-10-17-33-30)19-12-6-5-11-18-34-20-16-27-21-31(36-2)32(37-3)22-29(27)24-34/h7-10,13-15,17,21-22H,4-6,11-12,16,18-20,23-25H2,1-3H3. The van der Waals surface area contributed by atoms with Crippen molar-refractivity contribution < 1.29 is 9.47 Å². The van der Waals surface area contributed by atoms with Gasteiger partial charge in [-0.05, 0) is 85.3 Å². The van der Waals surface area contributed by atoms with Crippen LogP contribution in [0.4, 0.5) is 0 Å². The average Bonchev–Trinajstić information content (AvgIpc) is 2.94. The topological polar surface area (TPSA) is 37.8 Å². The maximum atomic E-state index is 5.52. The molecule has 0 atom stereocenters. The quantitative estimate of drug-likeness (QED) is 0.243. The Labute approximate surface area is 223 Å². The van der Waals surface area contributed by atoms with E-state index in [0.29, 0.717) is 0 Å². The van der Waals surface area contributed by atoms with Crippen molar-refractivity contribution in [3.63, 3.8) is 0 Å². The van der Waals surface area contributed by atoms with Gasteiger partial charge < -0.3 is 9.47 Å². The molecule has 5 nitrogen and oxygen atoms in total. The molecule has 1 aliphatic heterocycles. The van der Waals surface area contributed by atoms with Crippen LogP contribution in [0, 0.1) is 0 Å². The zero-order valence-corrected chi connectivity index (χ0v) is 22.9. The number of pyridine rings is 1. The lowest BCUT2D eigenvalue weighted by Crippen LogP contribution is -2.31. The minimum Gasteiger partial charge on any atom is -0.493 e. The number of hydrogen-bond donors (Lipinski definition) is 0. The predicted molar refractivity (Wildman–Crippen MR) is 151 cm³/mol. The smallest absolute Gasteiger partial charge is 0.161 e. The van der Waals surface area contributed by atoms with Gasteiger partial charge in [0, 0.05) is 32.4 Å². The molecule has 0 amide bonds. The minimum absolute atomic E-state index is 0.833. The van der Waals surface area contributed by atoms with Crippen molar-refractivity contribution in [2.24, 2.45) is 0 Å². The van der Waals surface area contributed by atoms with Gasteiger partial charge >= 0.3 is 0 Å². The number of hydrogen-bond acceptors (Lipinski definition) is 5. The first-order valence-corrected chi connectivity index (χ1v) is 13.8. The van der Waals surface area contributed by atoms with E-state index in [1.807, 2.05) is 12.3 Å². The van der Waals surface area contributed by atoms with E-state index in [9.17, 15) is 0 Å². The Bertz CT molecular complexity index is 1100. The molecular weight excluding hydrogens is 458 g/mol. The summed E-state index contributed by atoms with van der Waals surface area (Å²) in [6, 6.07) is 19.4. The van der Waals surface area contributed by atoms with Crippen LogP contribution in [0.1, 0.15) is 60.6 Å². The Morgan fingerprint density at radius 2 is 1.57 bits per heavy atom. The first kappa shape index (κ1) is 27.2. The monoisotopic (exact) mass is 501 g/mol. The highest BCUT2D eigenvalue weighted by Crippen LogP contribution is 2.33. The second-order valence-corrected chi connectivity index (χ2v) is 10.1. The largest absolute Gasteiger partial charge is 0.493 e. The molecule has 2 aromatic carbocycles. The van der Waals surface area contributed by atoms with Crippen LogP contribution in [-0.4, -0.2) is 48.6 Å². The lowest BCUT2D eigenvalue weighted by Gasteiger charge is -2.29. The van der Waals surface area contributed by atoms with Crippen molar-refractivity contribution in [3.8, 4) is 11.5 Å². The highest BCUT2D eigenvalue weighted by Gasteiger charge is 2.19. The molecule has 0 spiro atoms. The third kappa shape index (κ3) is 7.80. The first-order valence-electron chi connectivity index (χ1n) is 13.8. The summed E-state index contributed by atoms with van der Waals surface area (Å²) in [5.41, 5.74) is 6.82. The summed E-state index contributed by atoms with van der Waals surface area (Å²) in [6.45, 7) is 8.53. The number of methoxy groups -OCH3 is 2. The van der Waals surface area contributed by atoms with Gasteiger partial charge in [-0.25, -0.2) is 0 Å². The number of rotatable bonds is 14. The Balaban J connectivity index is 1.23. The van der Waals surface area contributed by atoms with E-state index in [2.05, 4.69) is 70.2 Å². The summed E-state index contributed by atoms with van der Waals surface area (Å²) in [6.07, 6.45) is 9.08. The molecule has 3 aromatic rings. The molecule has 0 radical (unpaired) electrons. The number of aryl methyl sites for hydroxylation is 1. The van der Waals surface area contributed by atoms with Gasteiger partial charge in [0.2, 0.25) is 0 Å². The van der Waals surface area contributed by atoms with Crippen LogP contribution < -0.4 is 9.47 Å². The summed E-state index contributed by atoms with van der Waals surface area (Å²) < 4.78 is 11.0. The highest BCUT2D eigenvalue weighted by atomic mass is 16.5. The third-order valence-electron chi connectivity index (χ3n) is 7.50. The molecule has 0 saturated carbocycles. The van der Waals surface area contributed by atoms with Crippen molar-refractivity contribution in [1.29, 1.82) is 0 Å². The van der Waals surface area contributed by atoms with Crippen LogP contribution in [-0.2, 0) is 32.5 Å². The van der Waals surface area contributed by atoms with Gasteiger partial charge in [0.25, 0.3) is 0 Å². The van der Waals surface area contributed by atoms with Crippen LogP contribution in [0.15, 0.2) is 60.8 Å². The molecule has 0 aliphatic carbocycles. The number of unbranched alkanes of at least 4 members (excludes halogenated alkanes) is 3.